The van der Waals surface area contributed by atoms with E-state index >= 15 is 0 Å². The number of aromatic nitrogens is 2. The average Bonchev–Trinajstić information content (AvgIpc) is 3.03. The van der Waals surface area contributed by atoms with Crippen LogP contribution in [0.15, 0.2) is 29.1 Å². The number of nitrogens with zero attached hydrogens (tertiary/aromatic N) is 3. The lowest BCUT2D eigenvalue weighted by Gasteiger charge is -2.13. The highest BCUT2D eigenvalue weighted by Gasteiger charge is 2.22. The van der Waals surface area contributed by atoms with Crippen molar-refractivity contribution in [3.63, 3.8) is 0 Å². The fourth-order valence-electron chi connectivity index (χ4n) is 3.58. The Balaban J connectivity index is 1.93. The SMILES string of the molecule is N#CCCCn1c(-c2ccc(Cl)cc2)nc2sc3c(c2c1=O)CCCC3. The minimum atomic E-state index is 0.0253. The van der Waals surface area contributed by atoms with Gasteiger partial charge in [0.15, 0.2) is 0 Å². The van der Waals surface area contributed by atoms with Crippen LogP contribution in [-0.4, -0.2) is 9.55 Å². The molecule has 0 N–H and O–H groups in total. The van der Waals surface area contributed by atoms with Crippen LogP contribution in [0.5, 0.6) is 0 Å². The van der Waals surface area contributed by atoms with Crippen molar-refractivity contribution in [2.75, 3.05) is 0 Å². The zero-order chi connectivity index (χ0) is 18.1. The maximum atomic E-state index is 13.3. The van der Waals surface area contributed by atoms with Gasteiger partial charge in [-0.3, -0.25) is 9.36 Å². The maximum absolute atomic E-state index is 13.3. The molecule has 0 saturated heterocycles. The zero-order valence-corrected chi connectivity index (χ0v) is 15.9. The molecule has 1 aliphatic carbocycles. The van der Waals surface area contributed by atoms with Gasteiger partial charge in [-0.05, 0) is 61.9 Å². The van der Waals surface area contributed by atoms with Crippen molar-refractivity contribution in [2.24, 2.45) is 0 Å². The van der Waals surface area contributed by atoms with E-state index in [0.717, 1.165) is 35.0 Å². The molecular weight excluding hydrogens is 366 g/mol. The fraction of sp³-hybridized carbons (Fsp3) is 0.350. The Hall–Kier alpha value is -2.16. The summed E-state index contributed by atoms with van der Waals surface area (Å²) in [6.45, 7) is 0.498. The molecule has 0 saturated carbocycles. The van der Waals surface area contributed by atoms with Crippen LogP contribution in [0.3, 0.4) is 0 Å². The summed E-state index contributed by atoms with van der Waals surface area (Å²) >= 11 is 7.67. The number of nitriles is 1. The van der Waals surface area contributed by atoms with Crippen molar-refractivity contribution in [3.8, 4) is 17.5 Å². The molecule has 1 aliphatic rings. The van der Waals surface area contributed by atoms with E-state index in [1.165, 1.54) is 16.9 Å². The van der Waals surface area contributed by atoms with Crippen molar-refractivity contribution in [1.29, 1.82) is 5.26 Å². The molecule has 2 heterocycles. The second-order valence-electron chi connectivity index (χ2n) is 6.55. The first-order valence-corrected chi connectivity index (χ1v) is 10.1. The third-order valence-electron chi connectivity index (χ3n) is 4.85. The third kappa shape index (κ3) is 3.04. The smallest absolute Gasteiger partial charge is 0.262 e. The minimum Gasteiger partial charge on any atom is -0.292 e. The molecular formula is C20H18ClN3OS. The van der Waals surface area contributed by atoms with Gasteiger partial charge in [0.2, 0.25) is 0 Å². The highest BCUT2D eigenvalue weighted by molar-refractivity contribution is 7.18. The van der Waals surface area contributed by atoms with Crippen LogP contribution in [-0.2, 0) is 19.4 Å². The number of thiophene rings is 1. The molecule has 4 rings (SSSR count). The summed E-state index contributed by atoms with van der Waals surface area (Å²) in [5, 5.41) is 10.3. The lowest BCUT2D eigenvalue weighted by molar-refractivity contribution is 0.633. The third-order valence-corrected chi connectivity index (χ3v) is 6.29. The molecule has 132 valence electrons. The summed E-state index contributed by atoms with van der Waals surface area (Å²) in [5.74, 6) is 0.663. The van der Waals surface area contributed by atoms with E-state index in [-0.39, 0.29) is 5.56 Å². The van der Waals surface area contributed by atoms with Gasteiger partial charge >= 0.3 is 0 Å². The fourth-order valence-corrected chi connectivity index (χ4v) is 4.96. The van der Waals surface area contributed by atoms with E-state index in [1.54, 1.807) is 15.9 Å². The predicted molar refractivity (Wildman–Crippen MR) is 106 cm³/mol. The molecule has 6 heteroatoms. The van der Waals surface area contributed by atoms with Crippen molar-refractivity contribution in [2.45, 2.75) is 45.1 Å². The van der Waals surface area contributed by atoms with Crippen molar-refractivity contribution in [3.05, 3.63) is 50.1 Å². The number of rotatable bonds is 4. The first-order chi connectivity index (χ1) is 12.7. The number of hydrogen-bond donors (Lipinski definition) is 0. The van der Waals surface area contributed by atoms with Crippen molar-refractivity contribution < 1.29 is 0 Å². The molecule has 3 aromatic rings. The van der Waals surface area contributed by atoms with Gasteiger partial charge in [0.1, 0.15) is 10.7 Å². The molecule has 2 aromatic heterocycles. The van der Waals surface area contributed by atoms with Crippen molar-refractivity contribution in [1.82, 2.24) is 9.55 Å². The molecule has 0 radical (unpaired) electrons. The number of benzene rings is 1. The van der Waals surface area contributed by atoms with Crippen LogP contribution in [0, 0.1) is 11.3 Å². The van der Waals surface area contributed by atoms with Crippen LogP contribution in [0.2, 0.25) is 5.02 Å². The first kappa shape index (κ1) is 17.3. The number of halogens is 1. The summed E-state index contributed by atoms with van der Waals surface area (Å²) in [4.78, 5) is 20.4. The van der Waals surface area contributed by atoms with E-state index in [4.69, 9.17) is 21.8 Å². The van der Waals surface area contributed by atoms with Gasteiger partial charge < -0.3 is 0 Å². The second-order valence-corrected chi connectivity index (χ2v) is 8.07. The minimum absolute atomic E-state index is 0.0253. The lowest BCUT2D eigenvalue weighted by Crippen LogP contribution is -2.24. The van der Waals surface area contributed by atoms with Gasteiger partial charge in [0.25, 0.3) is 5.56 Å². The lowest BCUT2D eigenvalue weighted by atomic mass is 9.97. The van der Waals surface area contributed by atoms with E-state index in [1.807, 2.05) is 24.3 Å². The number of hydrogen-bond acceptors (Lipinski definition) is 4. The Morgan fingerprint density at radius 3 is 2.77 bits per heavy atom. The van der Waals surface area contributed by atoms with E-state index < -0.39 is 0 Å². The summed E-state index contributed by atoms with van der Waals surface area (Å²) in [6.07, 6.45) is 5.37. The van der Waals surface area contributed by atoms with Crippen LogP contribution < -0.4 is 5.56 Å². The molecule has 0 spiro atoms. The van der Waals surface area contributed by atoms with E-state index in [2.05, 4.69) is 6.07 Å². The Kier molecular flexibility index (Phi) is 4.80. The summed E-state index contributed by atoms with van der Waals surface area (Å²) in [7, 11) is 0. The van der Waals surface area contributed by atoms with Gasteiger partial charge in [-0.2, -0.15) is 5.26 Å². The Morgan fingerprint density at radius 1 is 1.23 bits per heavy atom. The van der Waals surface area contributed by atoms with E-state index in [0.29, 0.717) is 30.2 Å². The molecule has 0 bridgehead atoms. The quantitative estimate of drug-likeness (QED) is 0.598. The van der Waals surface area contributed by atoms with Gasteiger partial charge in [-0.25, -0.2) is 4.98 Å². The summed E-state index contributed by atoms with van der Waals surface area (Å²) < 4.78 is 1.74. The molecule has 0 amide bonds. The number of fused-ring (bicyclic) bond motifs is 3. The highest BCUT2D eigenvalue weighted by Crippen LogP contribution is 2.35. The zero-order valence-electron chi connectivity index (χ0n) is 14.3. The predicted octanol–water partition coefficient (Wildman–Crippen LogP) is 4.96. The Labute approximate surface area is 160 Å². The molecule has 0 aliphatic heterocycles. The number of unbranched alkanes of at least 4 members (excludes halogenated alkanes) is 1. The molecule has 4 nitrogen and oxygen atoms in total. The van der Waals surface area contributed by atoms with Crippen molar-refractivity contribution >= 4 is 33.2 Å². The molecule has 1 aromatic carbocycles. The van der Waals surface area contributed by atoms with Crippen LogP contribution >= 0.6 is 22.9 Å². The van der Waals surface area contributed by atoms with Crippen LogP contribution in [0.4, 0.5) is 0 Å². The normalized spacial score (nSPS) is 13.5. The second kappa shape index (κ2) is 7.22. The number of aryl methyl sites for hydroxylation is 2. The van der Waals surface area contributed by atoms with E-state index in [9.17, 15) is 4.79 Å². The average molecular weight is 384 g/mol. The van der Waals surface area contributed by atoms with Crippen LogP contribution in [0.1, 0.15) is 36.1 Å². The first-order valence-electron chi connectivity index (χ1n) is 8.87. The standard InChI is InChI=1S/C20H18ClN3OS/c21-14-9-7-13(8-10-14)18-23-19-17(15-5-1-2-6-16(15)26-19)20(25)24(18)12-4-3-11-22/h7-10H,1-6,12H2. The summed E-state index contributed by atoms with van der Waals surface area (Å²) in [5.41, 5.74) is 2.10. The van der Waals surface area contributed by atoms with Gasteiger partial charge in [0, 0.05) is 28.4 Å². The molecule has 0 unspecified atom stereocenters. The van der Waals surface area contributed by atoms with Gasteiger partial charge in [-0.1, -0.05) is 11.6 Å². The topological polar surface area (TPSA) is 58.7 Å². The van der Waals surface area contributed by atoms with Gasteiger partial charge in [-0.15, -0.1) is 11.3 Å². The monoisotopic (exact) mass is 383 g/mol. The highest BCUT2D eigenvalue weighted by atomic mass is 35.5. The van der Waals surface area contributed by atoms with Crippen LogP contribution in [0.25, 0.3) is 21.6 Å². The van der Waals surface area contributed by atoms with Gasteiger partial charge in [0.05, 0.1) is 11.5 Å². The Bertz CT molecular complexity index is 1060. The molecule has 0 atom stereocenters. The Morgan fingerprint density at radius 2 is 2.00 bits per heavy atom. The molecule has 26 heavy (non-hydrogen) atoms. The molecule has 0 fully saturated rings. The largest absolute Gasteiger partial charge is 0.292 e. The maximum Gasteiger partial charge on any atom is 0.262 e. The summed E-state index contributed by atoms with van der Waals surface area (Å²) in [6, 6.07) is 9.56.